The zero-order chi connectivity index (χ0) is 14.8. The van der Waals surface area contributed by atoms with E-state index in [9.17, 15) is 12.8 Å². The molecule has 2 aromatic rings. The van der Waals surface area contributed by atoms with Crippen molar-refractivity contribution in [2.45, 2.75) is 4.90 Å². The Morgan fingerprint density at radius 2 is 1.75 bits per heavy atom. The minimum Gasteiger partial charge on any atom is -0.493 e. The van der Waals surface area contributed by atoms with Crippen molar-refractivity contribution in [3.63, 3.8) is 0 Å². The lowest BCUT2D eigenvalue weighted by atomic mass is 10.3. The first kappa shape index (κ1) is 14.6. The lowest BCUT2D eigenvalue weighted by Crippen LogP contribution is -2.11. The van der Waals surface area contributed by atoms with Gasteiger partial charge in [0.25, 0.3) is 0 Å². The van der Waals surface area contributed by atoms with Crippen molar-refractivity contribution in [3.05, 3.63) is 53.3 Å². The second-order valence-electron chi connectivity index (χ2n) is 3.76. The number of hydrogen-bond donors (Lipinski definition) is 0. The van der Waals surface area contributed by atoms with Gasteiger partial charge in [0.1, 0.15) is 10.7 Å². The summed E-state index contributed by atoms with van der Waals surface area (Å²) in [6, 6.07) is 9.21. The molecule has 7 heteroatoms. The van der Waals surface area contributed by atoms with Gasteiger partial charge in [-0.15, -0.1) is 0 Å². The third-order valence-electron chi connectivity index (χ3n) is 2.43. The molecule has 0 aliphatic rings. The van der Waals surface area contributed by atoms with Gasteiger partial charge in [-0.1, -0.05) is 23.7 Å². The van der Waals surface area contributed by atoms with Crippen molar-refractivity contribution in [1.82, 2.24) is 0 Å². The Morgan fingerprint density at radius 3 is 2.40 bits per heavy atom. The molecular formula is C13H10ClFO4S. The quantitative estimate of drug-likeness (QED) is 0.812. The second kappa shape index (κ2) is 5.68. The van der Waals surface area contributed by atoms with E-state index in [1.165, 1.54) is 19.2 Å². The zero-order valence-corrected chi connectivity index (χ0v) is 11.9. The number of rotatable bonds is 4. The summed E-state index contributed by atoms with van der Waals surface area (Å²) in [4.78, 5) is -0.440. The lowest BCUT2D eigenvalue weighted by molar-refractivity contribution is 0.390. The van der Waals surface area contributed by atoms with Crippen LogP contribution in [0, 0.1) is 5.82 Å². The van der Waals surface area contributed by atoms with Crippen LogP contribution in [0.2, 0.25) is 5.02 Å². The third kappa shape index (κ3) is 3.02. The van der Waals surface area contributed by atoms with Gasteiger partial charge in [-0.25, -0.2) is 4.39 Å². The average molecular weight is 317 g/mol. The third-order valence-corrected chi connectivity index (χ3v) is 4.15. The van der Waals surface area contributed by atoms with E-state index >= 15 is 0 Å². The molecule has 2 aromatic carbocycles. The van der Waals surface area contributed by atoms with Crippen LogP contribution >= 0.6 is 11.6 Å². The smallest absolute Gasteiger partial charge is 0.340 e. The standard InChI is InChI=1S/C13H10ClFO4S/c1-18-11-4-2-3-5-12(11)19-20(16,17)13-8-9(15)6-7-10(13)14/h2-8H,1H3. The van der Waals surface area contributed by atoms with Crippen LogP contribution in [0.1, 0.15) is 0 Å². The average Bonchev–Trinajstić information content (AvgIpc) is 2.41. The van der Waals surface area contributed by atoms with Gasteiger partial charge >= 0.3 is 10.1 Å². The van der Waals surface area contributed by atoms with Crippen LogP contribution in [-0.4, -0.2) is 15.5 Å². The van der Waals surface area contributed by atoms with Crippen molar-refractivity contribution in [1.29, 1.82) is 0 Å². The van der Waals surface area contributed by atoms with Crippen molar-refractivity contribution in [2.75, 3.05) is 7.11 Å². The summed E-state index contributed by atoms with van der Waals surface area (Å²) in [6.07, 6.45) is 0. The highest BCUT2D eigenvalue weighted by Gasteiger charge is 2.22. The molecule has 0 unspecified atom stereocenters. The van der Waals surface area contributed by atoms with E-state index in [0.717, 1.165) is 18.2 Å². The molecule has 0 amide bonds. The summed E-state index contributed by atoms with van der Waals surface area (Å²) in [5.74, 6) is -0.490. The fourth-order valence-corrected chi connectivity index (χ4v) is 2.95. The van der Waals surface area contributed by atoms with Crippen LogP contribution in [0.25, 0.3) is 0 Å². The minimum atomic E-state index is -4.25. The molecular weight excluding hydrogens is 307 g/mol. The molecule has 0 heterocycles. The Balaban J connectivity index is 2.43. The normalized spacial score (nSPS) is 11.2. The molecule has 0 saturated carbocycles. The Hall–Kier alpha value is -1.79. The number of hydrogen-bond acceptors (Lipinski definition) is 4. The molecule has 106 valence electrons. The number of methoxy groups -OCH3 is 1. The first-order chi connectivity index (χ1) is 9.44. The highest BCUT2D eigenvalue weighted by atomic mass is 35.5. The van der Waals surface area contributed by atoms with Crippen LogP contribution in [-0.2, 0) is 10.1 Å². The minimum absolute atomic E-state index is 0.00433. The molecule has 0 bridgehead atoms. The van der Waals surface area contributed by atoms with Crippen LogP contribution < -0.4 is 8.92 Å². The summed E-state index contributed by atoms with van der Waals surface area (Å²) in [5.41, 5.74) is 0. The molecule has 20 heavy (non-hydrogen) atoms. The maximum absolute atomic E-state index is 13.2. The van der Waals surface area contributed by atoms with Crippen LogP contribution in [0.5, 0.6) is 11.5 Å². The number of halogens is 2. The van der Waals surface area contributed by atoms with Gasteiger partial charge in [0.05, 0.1) is 12.1 Å². The predicted molar refractivity (Wildman–Crippen MR) is 72.2 cm³/mol. The fourth-order valence-electron chi connectivity index (χ4n) is 1.52. The van der Waals surface area contributed by atoms with Gasteiger partial charge < -0.3 is 8.92 Å². The molecule has 0 aliphatic carbocycles. The van der Waals surface area contributed by atoms with E-state index in [0.29, 0.717) is 0 Å². The topological polar surface area (TPSA) is 52.6 Å². The van der Waals surface area contributed by atoms with Gasteiger partial charge in [-0.2, -0.15) is 8.42 Å². The van der Waals surface area contributed by atoms with Gasteiger partial charge in [0, 0.05) is 0 Å². The summed E-state index contributed by atoms with van der Waals surface area (Å²) < 4.78 is 47.3. The summed E-state index contributed by atoms with van der Waals surface area (Å²) >= 11 is 5.76. The van der Waals surface area contributed by atoms with Crippen molar-refractivity contribution < 1.29 is 21.7 Å². The van der Waals surface area contributed by atoms with E-state index in [4.69, 9.17) is 20.5 Å². The van der Waals surface area contributed by atoms with E-state index < -0.39 is 20.8 Å². The molecule has 0 saturated heterocycles. The fraction of sp³-hybridized carbons (Fsp3) is 0.0769. The molecule has 0 atom stereocenters. The van der Waals surface area contributed by atoms with Crippen molar-refractivity contribution >= 4 is 21.7 Å². The molecule has 0 aromatic heterocycles. The van der Waals surface area contributed by atoms with Crippen LogP contribution in [0.4, 0.5) is 4.39 Å². The maximum Gasteiger partial charge on any atom is 0.340 e. The van der Waals surface area contributed by atoms with Crippen LogP contribution in [0.15, 0.2) is 47.4 Å². The molecule has 0 N–H and O–H groups in total. The Labute approximate surface area is 120 Å². The molecule has 0 radical (unpaired) electrons. The zero-order valence-electron chi connectivity index (χ0n) is 10.3. The van der Waals surface area contributed by atoms with Gasteiger partial charge in [-0.3, -0.25) is 0 Å². The highest BCUT2D eigenvalue weighted by Crippen LogP contribution is 2.31. The van der Waals surface area contributed by atoms with E-state index in [1.807, 2.05) is 0 Å². The SMILES string of the molecule is COc1ccccc1OS(=O)(=O)c1cc(F)ccc1Cl. The van der Waals surface area contributed by atoms with Gasteiger partial charge in [0.15, 0.2) is 11.5 Å². The first-order valence-electron chi connectivity index (χ1n) is 5.46. The maximum atomic E-state index is 13.2. The summed E-state index contributed by atoms with van der Waals surface area (Å²) in [7, 11) is -2.87. The van der Waals surface area contributed by atoms with Crippen molar-refractivity contribution in [3.8, 4) is 11.5 Å². The molecule has 4 nitrogen and oxygen atoms in total. The van der Waals surface area contributed by atoms with E-state index in [-0.39, 0.29) is 16.5 Å². The van der Waals surface area contributed by atoms with Crippen molar-refractivity contribution in [2.24, 2.45) is 0 Å². The van der Waals surface area contributed by atoms with E-state index in [2.05, 4.69) is 0 Å². The molecule has 0 fully saturated rings. The van der Waals surface area contributed by atoms with Gasteiger partial charge in [-0.05, 0) is 30.3 Å². The molecule has 0 aliphatic heterocycles. The van der Waals surface area contributed by atoms with Gasteiger partial charge in [0.2, 0.25) is 0 Å². The predicted octanol–water partition coefficient (Wildman–Crippen LogP) is 3.26. The summed E-state index contributed by atoms with van der Waals surface area (Å²) in [6.45, 7) is 0. The second-order valence-corrected chi connectivity index (χ2v) is 5.69. The Kier molecular flexibility index (Phi) is 4.15. The first-order valence-corrected chi connectivity index (χ1v) is 7.25. The lowest BCUT2D eigenvalue weighted by Gasteiger charge is -2.11. The summed E-state index contributed by atoms with van der Waals surface area (Å²) in [5, 5.41) is -0.124. The Bertz CT molecular complexity index is 731. The molecule has 2 rings (SSSR count). The Morgan fingerprint density at radius 1 is 1.10 bits per heavy atom. The van der Waals surface area contributed by atoms with Crippen LogP contribution in [0.3, 0.4) is 0 Å². The number of ether oxygens (including phenoxy) is 1. The number of benzene rings is 2. The highest BCUT2D eigenvalue weighted by molar-refractivity contribution is 7.87. The monoisotopic (exact) mass is 316 g/mol. The van der Waals surface area contributed by atoms with E-state index in [1.54, 1.807) is 12.1 Å². The molecule has 0 spiro atoms. The number of para-hydroxylation sites is 2. The largest absolute Gasteiger partial charge is 0.493 e.